The highest BCUT2D eigenvalue weighted by molar-refractivity contribution is 5.94. The van der Waals surface area contributed by atoms with E-state index < -0.39 is 0 Å². The molecule has 1 aliphatic rings. The van der Waals surface area contributed by atoms with Crippen LogP contribution in [0.15, 0.2) is 54.6 Å². The van der Waals surface area contributed by atoms with E-state index in [1.54, 1.807) is 0 Å². The molecule has 0 aromatic heterocycles. The fourth-order valence-corrected chi connectivity index (χ4v) is 3.08. The Balaban J connectivity index is 1.67. The van der Waals surface area contributed by atoms with E-state index in [0.717, 1.165) is 49.7 Å². The van der Waals surface area contributed by atoms with Crippen LogP contribution in [0.4, 0.5) is 11.4 Å². The highest BCUT2D eigenvalue weighted by Crippen LogP contribution is 2.23. The van der Waals surface area contributed by atoms with Crippen molar-refractivity contribution in [3.63, 3.8) is 0 Å². The number of nitrogens with zero attached hydrogens (tertiary/aromatic N) is 3. The summed E-state index contributed by atoms with van der Waals surface area (Å²) in [6.45, 7) is 6.80. The molecule has 126 valence electrons. The molecule has 1 amide bonds. The monoisotopic (exact) mass is 323 g/mol. The second kappa shape index (κ2) is 7.49. The van der Waals surface area contributed by atoms with Gasteiger partial charge < -0.3 is 14.7 Å². The average Bonchev–Trinajstić information content (AvgIpc) is 2.68. The van der Waals surface area contributed by atoms with Gasteiger partial charge in [-0.15, -0.1) is 0 Å². The second-order valence-electron chi connectivity index (χ2n) is 6.17. The molecule has 0 unspecified atom stereocenters. The molecule has 4 nitrogen and oxygen atoms in total. The van der Waals surface area contributed by atoms with Crippen LogP contribution >= 0.6 is 0 Å². The van der Waals surface area contributed by atoms with Crippen LogP contribution in [0.3, 0.4) is 0 Å². The van der Waals surface area contributed by atoms with Crippen molar-refractivity contribution in [2.24, 2.45) is 0 Å². The minimum atomic E-state index is 0.139. The Hall–Kier alpha value is -2.33. The Morgan fingerprint density at radius 1 is 0.917 bits per heavy atom. The lowest BCUT2D eigenvalue weighted by atomic mass is 10.1. The van der Waals surface area contributed by atoms with Gasteiger partial charge in [0.05, 0.1) is 0 Å². The molecule has 1 heterocycles. The maximum Gasteiger partial charge on any atom is 0.253 e. The number of benzene rings is 2. The van der Waals surface area contributed by atoms with E-state index in [9.17, 15) is 4.79 Å². The van der Waals surface area contributed by atoms with Gasteiger partial charge in [-0.3, -0.25) is 4.79 Å². The van der Waals surface area contributed by atoms with Crippen molar-refractivity contribution in [3.8, 4) is 0 Å². The molecule has 1 aliphatic heterocycles. The first-order valence-electron chi connectivity index (χ1n) is 8.59. The van der Waals surface area contributed by atoms with Gasteiger partial charge in [-0.2, -0.15) is 0 Å². The van der Waals surface area contributed by atoms with E-state index in [2.05, 4.69) is 28.9 Å². The summed E-state index contributed by atoms with van der Waals surface area (Å²) >= 11 is 0. The number of rotatable bonds is 4. The Morgan fingerprint density at radius 3 is 2.08 bits per heavy atom. The third-order valence-corrected chi connectivity index (χ3v) is 4.75. The molecule has 4 heteroatoms. The molecule has 1 saturated heterocycles. The summed E-state index contributed by atoms with van der Waals surface area (Å²) in [5.74, 6) is 0.139. The first kappa shape index (κ1) is 16.5. The van der Waals surface area contributed by atoms with Crippen molar-refractivity contribution in [2.75, 3.05) is 44.7 Å². The van der Waals surface area contributed by atoms with Gasteiger partial charge in [-0.05, 0) is 42.9 Å². The molecule has 0 saturated carbocycles. The number of hydrogen-bond donors (Lipinski definition) is 0. The van der Waals surface area contributed by atoms with Crippen molar-refractivity contribution in [3.05, 3.63) is 60.2 Å². The van der Waals surface area contributed by atoms with Gasteiger partial charge in [0.15, 0.2) is 0 Å². The molecular formula is C20H25N3O. The summed E-state index contributed by atoms with van der Waals surface area (Å²) in [4.78, 5) is 19.1. The summed E-state index contributed by atoms with van der Waals surface area (Å²) in [5, 5.41) is 0. The van der Waals surface area contributed by atoms with E-state index in [0.29, 0.717) is 0 Å². The lowest BCUT2D eigenvalue weighted by Crippen LogP contribution is -2.48. The van der Waals surface area contributed by atoms with Crippen LogP contribution in [0.25, 0.3) is 0 Å². The van der Waals surface area contributed by atoms with Gasteiger partial charge >= 0.3 is 0 Å². The minimum absolute atomic E-state index is 0.139. The standard InChI is InChI=1S/C20H25N3O/c1-3-22-13-15-23(16-14-22)20(24)17-9-11-19(12-10-17)21(2)18-7-5-4-6-8-18/h4-12H,3,13-16H2,1-2H3. The molecule has 1 fully saturated rings. The van der Waals surface area contributed by atoms with Crippen molar-refractivity contribution < 1.29 is 4.79 Å². The molecule has 0 N–H and O–H groups in total. The normalized spacial score (nSPS) is 15.3. The third-order valence-electron chi connectivity index (χ3n) is 4.75. The van der Waals surface area contributed by atoms with Gasteiger partial charge in [0, 0.05) is 50.2 Å². The second-order valence-corrected chi connectivity index (χ2v) is 6.17. The molecule has 3 rings (SSSR count). The Kier molecular flexibility index (Phi) is 5.16. The largest absolute Gasteiger partial charge is 0.345 e. The lowest BCUT2D eigenvalue weighted by molar-refractivity contribution is 0.0643. The lowest BCUT2D eigenvalue weighted by Gasteiger charge is -2.34. The molecule has 0 spiro atoms. The van der Waals surface area contributed by atoms with Crippen LogP contribution < -0.4 is 4.90 Å². The smallest absolute Gasteiger partial charge is 0.253 e. The zero-order valence-corrected chi connectivity index (χ0v) is 14.5. The summed E-state index contributed by atoms with van der Waals surface area (Å²) in [6.07, 6.45) is 0. The molecule has 0 radical (unpaired) electrons. The van der Waals surface area contributed by atoms with Crippen molar-refractivity contribution >= 4 is 17.3 Å². The van der Waals surface area contributed by atoms with Gasteiger partial charge in [-0.25, -0.2) is 0 Å². The molecular weight excluding hydrogens is 298 g/mol. The van der Waals surface area contributed by atoms with Crippen LogP contribution in [-0.2, 0) is 0 Å². The van der Waals surface area contributed by atoms with Crippen LogP contribution in [-0.4, -0.2) is 55.5 Å². The topological polar surface area (TPSA) is 26.8 Å². The number of carbonyl (C=O) groups is 1. The van der Waals surface area contributed by atoms with E-state index in [-0.39, 0.29) is 5.91 Å². The minimum Gasteiger partial charge on any atom is -0.345 e. The highest BCUT2D eigenvalue weighted by atomic mass is 16.2. The average molecular weight is 323 g/mol. The zero-order chi connectivity index (χ0) is 16.9. The number of para-hydroxylation sites is 1. The SMILES string of the molecule is CCN1CCN(C(=O)c2ccc(N(C)c3ccccc3)cc2)CC1. The van der Waals surface area contributed by atoms with Gasteiger partial charge in [0.1, 0.15) is 0 Å². The first-order chi connectivity index (χ1) is 11.7. The maximum absolute atomic E-state index is 12.6. The van der Waals surface area contributed by atoms with E-state index in [4.69, 9.17) is 0 Å². The fourth-order valence-electron chi connectivity index (χ4n) is 3.08. The molecule has 2 aromatic rings. The van der Waals surface area contributed by atoms with Crippen molar-refractivity contribution in [2.45, 2.75) is 6.92 Å². The fraction of sp³-hybridized carbons (Fsp3) is 0.350. The molecule has 24 heavy (non-hydrogen) atoms. The van der Waals surface area contributed by atoms with Gasteiger partial charge in [0.2, 0.25) is 0 Å². The number of carbonyl (C=O) groups excluding carboxylic acids is 1. The maximum atomic E-state index is 12.6. The van der Waals surface area contributed by atoms with E-state index >= 15 is 0 Å². The summed E-state index contributed by atoms with van der Waals surface area (Å²) in [5.41, 5.74) is 2.98. The Labute approximate surface area is 144 Å². The first-order valence-corrected chi connectivity index (χ1v) is 8.59. The molecule has 2 aromatic carbocycles. The number of amides is 1. The molecule has 0 aliphatic carbocycles. The number of piperazine rings is 1. The van der Waals surface area contributed by atoms with Gasteiger partial charge in [-0.1, -0.05) is 25.1 Å². The number of likely N-dealkylation sites (N-methyl/N-ethyl adjacent to an activating group) is 1. The van der Waals surface area contributed by atoms with Crippen molar-refractivity contribution in [1.82, 2.24) is 9.80 Å². The third kappa shape index (κ3) is 3.60. The molecule has 0 bridgehead atoms. The Morgan fingerprint density at radius 2 is 1.50 bits per heavy atom. The van der Waals surface area contributed by atoms with E-state index in [1.165, 1.54) is 0 Å². The summed E-state index contributed by atoms with van der Waals surface area (Å²) in [7, 11) is 2.04. The number of hydrogen-bond acceptors (Lipinski definition) is 3. The quantitative estimate of drug-likeness (QED) is 0.864. The predicted molar refractivity (Wildman–Crippen MR) is 99.0 cm³/mol. The van der Waals surface area contributed by atoms with Crippen LogP contribution in [0, 0.1) is 0 Å². The van der Waals surface area contributed by atoms with Gasteiger partial charge in [0.25, 0.3) is 5.91 Å². The predicted octanol–water partition coefficient (Wildman–Crippen LogP) is 3.23. The number of anilines is 2. The zero-order valence-electron chi connectivity index (χ0n) is 14.5. The van der Waals surface area contributed by atoms with Crippen LogP contribution in [0.1, 0.15) is 17.3 Å². The van der Waals surface area contributed by atoms with Crippen LogP contribution in [0.2, 0.25) is 0 Å². The summed E-state index contributed by atoms with van der Waals surface area (Å²) in [6, 6.07) is 18.1. The summed E-state index contributed by atoms with van der Waals surface area (Å²) < 4.78 is 0. The molecule has 0 atom stereocenters. The highest BCUT2D eigenvalue weighted by Gasteiger charge is 2.21. The van der Waals surface area contributed by atoms with E-state index in [1.807, 2.05) is 54.4 Å². The van der Waals surface area contributed by atoms with Crippen molar-refractivity contribution in [1.29, 1.82) is 0 Å². The van der Waals surface area contributed by atoms with Crippen LogP contribution in [0.5, 0.6) is 0 Å². The Bertz CT molecular complexity index is 661.